The smallest absolute Gasteiger partial charge is 0.257 e. The quantitative estimate of drug-likeness (QED) is 0.223. The number of thiocarbonyl (C=S) groups is 1. The first-order valence-electron chi connectivity index (χ1n) is 12.4. The number of hydrogen-bond acceptors (Lipinski definition) is 5. The monoisotopic (exact) mass is 521 g/mol. The minimum absolute atomic E-state index is 0.191. The fourth-order valence-electron chi connectivity index (χ4n) is 4.00. The summed E-state index contributed by atoms with van der Waals surface area (Å²) in [6, 6.07) is 28.7. The van der Waals surface area contributed by atoms with Crippen molar-refractivity contribution in [3.05, 3.63) is 113 Å². The Labute approximate surface area is 226 Å². The Morgan fingerprint density at radius 2 is 1.79 bits per heavy atom. The number of hydrogen-bond donors (Lipinski definition) is 2. The number of carbonyl (C=O) groups is 1. The SMILES string of the molecule is CCc1ccc2oc(-c3ccc(C)c(NC(=S)NC(=O)c4cccc(OCc5ccccc5)c4)c3)nc2c1. The second-order valence-corrected chi connectivity index (χ2v) is 9.32. The number of fused-ring (bicyclic) bond motifs is 1. The molecule has 0 spiro atoms. The maximum absolute atomic E-state index is 12.9. The van der Waals surface area contributed by atoms with E-state index in [0.717, 1.165) is 39.9 Å². The number of aromatic nitrogens is 1. The van der Waals surface area contributed by atoms with Gasteiger partial charge in [-0.2, -0.15) is 0 Å². The van der Waals surface area contributed by atoms with Gasteiger partial charge < -0.3 is 14.5 Å². The molecule has 6 nitrogen and oxygen atoms in total. The summed E-state index contributed by atoms with van der Waals surface area (Å²) in [7, 11) is 0. The van der Waals surface area contributed by atoms with Gasteiger partial charge in [-0.15, -0.1) is 0 Å². The Bertz CT molecular complexity index is 1610. The van der Waals surface area contributed by atoms with Crippen LogP contribution in [0.5, 0.6) is 5.75 Å². The van der Waals surface area contributed by atoms with Crippen LogP contribution in [0.2, 0.25) is 0 Å². The third-order valence-corrected chi connectivity index (χ3v) is 6.37. The predicted octanol–water partition coefficient (Wildman–Crippen LogP) is 7.07. The first-order chi connectivity index (χ1) is 18.5. The van der Waals surface area contributed by atoms with Crippen molar-refractivity contribution >= 4 is 40.0 Å². The van der Waals surface area contributed by atoms with E-state index in [2.05, 4.69) is 22.5 Å². The number of amides is 1. The zero-order valence-corrected chi connectivity index (χ0v) is 22.0. The molecule has 0 bridgehead atoms. The maximum Gasteiger partial charge on any atom is 0.257 e. The fourth-order valence-corrected chi connectivity index (χ4v) is 4.21. The molecule has 0 aliphatic rings. The Morgan fingerprint density at radius 3 is 2.61 bits per heavy atom. The number of aryl methyl sites for hydroxylation is 2. The summed E-state index contributed by atoms with van der Waals surface area (Å²) in [5, 5.41) is 6.08. The van der Waals surface area contributed by atoms with Crippen LogP contribution < -0.4 is 15.4 Å². The molecule has 0 radical (unpaired) electrons. The average molecular weight is 522 g/mol. The third-order valence-electron chi connectivity index (χ3n) is 6.16. The van der Waals surface area contributed by atoms with E-state index in [1.54, 1.807) is 18.2 Å². The largest absolute Gasteiger partial charge is 0.489 e. The lowest BCUT2D eigenvalue weighted by Crippen LogP contribution is -2.34. The summed E-state index contributed by atoms with van der Waals surface area (Å²) in [6.07, 6.45) is 0.935. The highest BCUT2D eigenvalue weighted by molar-refractivity contribution is 7.80. The van der Waals surface area contributed by atoms with Gasteiger partial charge in [-0.25, -0.2) is 4.98 Å². The highest BCUT2D eigenvalue weighted by Crippen LogP contribution is 2.28. The molecule has 0 atom stereocenters. The summed E-state index contributed by atoms with van der Waals surface area (Å²) in [5.74, 6) is 0.805. The normalized spacial score (nSPS) is 10.8. The second-order valence-electron chi connectivity index (χ2n) is 8.91. The Hall–Kier alpha value is -4.49. The van der Waals surface area contributed by atoms with E-state index >= 15 is 0 Å². The number of benzene rings is 4. The van der Waals surface area contributed by atoms with E-state index in [1.807, 2.05) is 79.7 Å². The van der Waals surface area contributed by atoms with Gasteiger partial charge in [0, 0.05) is 16.8 Å². The van der Waals surface area contributed by atoms with Gasteiger partial charge >= 0.3 is 0 Å². The Morgan fingerprint density at radius 1 is 0.947 bits per heavy atom. The van der Waals surface area contributed by atoms with Crippen LogP contribution in [0.4, 0.5) is 5.69 Å². The summed E-state index contributed by atoms with van der Waals surface area (Å²) >= 11 is 5.45. The van der Waals surface area contributed by atoms with Crippen molar-refractivity contribution in [2.45, 2.75) is 26.9 Å². The molecule has 7 heteroatoms. The van der Waals surface area contributed by atoms with Crippen LogP contribution in [-0.4, -0.2) is 16.0 Å². The summed E-state index contributed by atoms with van der Waals surface area (Å²) in [4.78, 5) is 17.5. The number of anilines is 1. The van der Waals surface area contributed by atoms with Gasteiger partial charge in [0.2, 0.25) is 5.89 Å². The highest BCUT2D eigenvalue weighted by atomic mass is 32.1. The molecule has 4 aromatic carbocycles. The van der Waals surface area contributed by atoms with E-state index in [0.29, 0.717) is 23.8 Å². The molecule has 0 aliphatic carbocycles. The highest BCUT2D eigenvalue weighted by Gasteiger charge is 2.13. The molecule has 190 valence electrons. The Kier molecular flexibility index (Phi) is 7.47. The van der Waals surface area contributed by atoms with Crippen molar-refractivity contribution < 1.29 is 13.9 Å². The minimum atomic E-state index is -0.327. The van der Waals surface area contributed by atoms with E-state index < -0.39 is 0 Å². The van der Waals surface area contributed by atoms with Gasteiger partial charge in [0.1, 0.15) is 17.9 Å². The topological polar surface area (TPSA) is 76.4 Å². The molecule has 1 amide bonds. The zero-order chi connectivity index (χ0) is 26.5. The second kappa shape index (κ2) is 11.3. The van der Waals surface area contributed by atoms with Gasteiger partial charge in [0.25, 0.3) is 5.91 Å². The van der Waals surface area contributed by atoms with Crippen molar-refractivity contribution in [2.24, 2.45) is 0 Å². The number of nitrogens with zero attached hydrogens (tertiary/aromatic N) is 1. The molecule has 0 saturated heterocycles. The third kappa shape index (κ3) is 5.90. The number of ether oxygens (including phenoxy) is 1. The van der Waals surface area contributed by atoms with Gasteiger partial charge in [0.05, 0.1) is 0 Å². The lowest BCUT2D eigenvalue weighted by atomic mass is 10.1. The lowest BCUT2D eigenvalue weighted by molar-refractivity contribution is 0.0977. The first kappa shape index (κ1) is 25.2. The van der Waals surface area contributed by atoms with Crippen molar-refractivity contribution in [3.63, 3.8) is 0 Å². The predicted molar refractivity (Wildman–Crippen MR) is 154 cm³/mol. The maximum atomic E-state index is 12.9. The summed E-state index contributed by atoms with van der Waals surface area (Å²) in [5.41, 5.74) is 6.80. The van der Waals surface area contributed by atoms with Crippen molar-refractivity contribution in [1.29, 1.82) is 0 Å². The van der Waals surface area contributed by atoms with E-state index in [4.69, 9.17) is 21.4 Å². The Balaban J connectivity index is 1.25. The molecule has 0 saturated carbocycles. The van der Waals surface area contributed by atoms with E-state index in [1.165, 1.54) is 5.56 Å². The number of oxazole rings is 1. The van der Waals surface area contributed by atoms with Crippen LogP contribution in [0.15, 0.2) is 95.4 Å². The summed E-state index contributed by atoms with van der Waals surface area (Å²) in [6.45, 7) is 4.49. The number of carbonyl (C=O) groups excluding carboxylic acids is 1. The molecule has 5 aromatic rings. The van der Waals surface area contributed by atoms with Gasteiger partial charge in [-0.05, 0) is 84.7 Å². The average Bonchev–Trinajstić information content (AvgIpc) is 3.37. The molecule has 0 aliphatic heterocycles. The van der Waals surface area contributed by atoms with Crippen LogP contribution in [0.1, 0.15) is 34.0 Å². The van der Waals surface area contributed by atoms with Crippen LogP contribution >= 0.6 is 12.2 Å². The molecule has 38 heavy (non-hydrogen) atoms. The van der Waals surface area contributed by atoms with Gasteiger partial charge in [-0.1, -0.05) is 55.5 Å². The van der Waals surface area contributed by atoms with Crippen LogP contribution in [0.25, 0.3) is 22.6 Å². The van der Waals surface area contributed by atoms with Crippen molar-refractivity contribution in [3.8, 4) is 17.2 Å². The molecule has 5 rings (SSSR count). The van der Waals surface area contributed by atoms with Crippen molar-refractivity contribution in [1.82, 2.24) is 10.3 Å². The lowest BCUT2D eigenvalue weighted by Gasteiger charge is -2.13. The number of nitrogens with one attached hydrogen (secondary N) is 2. The summed E-state index contributed by atoms with van der Waals surface area (Å²) < 4.78 is 11.8. The van der Waals surface area contributed by atoms with Crippen LogP contribution in [0.3, 0.4) is 0 Å². The minimum Gasteiger partial charge on any atom is -0.489 e. The first-order valence-corrected chi connectivity index (χ1v) is 12.8. The molecular formula is C31H27N3O3S. The molecular weight excluding hydrogens is 494 g/mol. The van der Waals surface area contributed by atoms with E-state index in [9.17, 15) is 4.79 Å². The zero-order valence-electron chi connectivity index (χ0n) is 21.2. The molecule has 1 aromatic heterocycles. The molecule has 0 fully saturated rings. The van der Waals surface area contributed by atoms with Crippen LogP contribution in [-0.2, 0) is 13.0 Å². The van der Waals surface area contributed by atoms with Gasteiger partial charge in [-0.3, -0.25) is 10.1 Å². The van der Waals surface area contributed by atoms with Crippen LogP contribution in [0, 0.1) is 6.92 Å². The molecule has 1 heterocycles. The standard InChI is InChI=1S/C31H27N3O3S/c1-3-21-13-15-28-27(16-21)32-30(37-28)24-14-12-20(2)26(18-24)33-31(38)34-29(35)23-10-7-11-25(17-23)36-19-22-8-5-4-6-9-22/h4-18H,3,19H2,1-2H3,(H2,33,34,35,38). The molecule has 2 N–H and O–H groups in total. The number of rotatable bonds is 7. The van der Waals surface area contributed by atoms with Crippen molar-refractivity contribution in [2.75, 3.05) is 5.32 Å². The molecule has 0 unspecified atom stereocenters. The van der Waals surface area contributed by atoms with E-state index in [-0.39, 0.29) is 11.0 Å². The fraction of sp³-hybridized carbons (Fsp3) is 0.129. The van der Waals surface area contributed by atoms with Gasteiger partial charge in [0.15, 0.2) is 10.7 Å².